The summed E-state index contributed by atoms with van der Waals surface area (Å²) < 4.78 is 7.45. The van der Waals surface area contributed by atoms with E-state index in [1.807, 2.05) is 23.1 Å². The van der Waals surface area contributed by atoms with Crippen LogP contribution in [0, 0.1) is 0 Å². The third-order valence-corrected chi connectivity index (χ3v) is 2.94. The standard InChI is InChI=1S/C13H14N2O/c1-6-14-15(7-1)8-4-11-2-3-13-12(10-11)5-9-16-13/h1-3,6-7,10H,4-5,8-9H2. The number of ether oxygens (including phenoxy) is 1. The summed E-state index contributed by atoms with van der Waals surface area (Å²) in [6.07, 6.45) is 5.88. The van der Waals surface area contributed by atoms with E-state index in [4.69, 9.17) is 4.74 Å². The fourth-order valence-electron chi connectivity index (χ4n) is 2.07. The highest BCUT2D eigenvalue weighted by molar-refractivity contribution is 5.39. The second-order valence-corrected chi connectivity index (χ2v) is 4.06. The molecule has 0 aliphatic carbocycles. The molecule has 0 fully saturated rings. The van der Waals surface area contributed by atoms with E-state index >= 15 is 0 Å². The third-order valence-electron chi connectivity index (χ3n) is 2.94. The summed E-state index contributed by atoms with van der Waals surface area (Å²) in [5, 5.41) is 4.20. The van der Waals surface area contributed by atoms with E-state index in [-0.39, 0.29) is 0 Å². The zero-order valence-electron chi connectivity index (χ0n) is 9.10. The summed E-state index contributed by atoms with van der Waals surface area (Å²) in [6, 6.07) is 8.44. The number of benzene rings is 1. The van der Waals surface area contributed by atoms with E-state index in [1.165, 1.54) is 11.1 Å². The summed E-state index contributed by atoms with van der Waals surface area (Å²) >= 11 is 0. The lowest BCUT2D eigenvalue weighted by Crippen LogP contribution is -2.01. The van der Waals surface area contributed by atoms with Crippen molar-refractivity contribution in [3.8, 4) is 5.75 Å². The normalized spacial score (nSPS) is 13.5. The molecule has 2 aromatic rings. The van der Waals surface area contributed by atoms with Crippen molar-refractivity contribution in [1.82, 2.24) is 9.78 Å². The molecular formula is C13H14N2O. The van der Waals surface area contributed by atoms with Gasteiger partial charge in [0.25, 0.3) is 0 Å². The Hall–Kier alpha value is -1.77. The van der Waals surface area contributed by atoms with Gasteiger partial charge in [-0.2, -0.15) is 5.10 Å². The fraction of sp³-hybridized carbons (Fsp3) is 0.308. The van der Waals surface area contributed by atoms with Gasteiger partial charge < -0.3 is 4.74 Å². The average molecular weight is 214 g/mol. The summed E-state index contributed by atoms with van der Waals surface area (Å²) in [6.45, 7) is 1.77. The third kappa shape index (κ3) is 1.81. The Labute approximate surface area is 94.7 Å². The lowest BCUT2D eigenvalue weighted by atomic mass is 10.1. The van der Waals surface area contributed by atoms with Crippen molar-refractivity contribution >= 4 is 0 Å². The van der Waals surface area contributed by atoms with E-state index in [1.54, 1.807) is 0 Å². The van der Waals surface area contributed by atoms with Gasteiger partial charge in [-0.3, -0.25) is 4.68 Å². The van der Waals surface area contributed by atoms with Crippen LogP contribution in [0.5, 0.6) is 5.75 Å². The van der Waals surface area contributed by atoms with Crippen LogP contribution in [-0.4, -0.2) is 16.4 Å². The number of hydrogen-bond donors (Lipinski definition) is 0. The highest BCUT2D eigenvalue weighted by Crippen LogP contribution is 2.26. The highest BCUT2D eigenvalue weighted by atomic mass is 16.5. The molecule has 3 nitrogen and oxygen atoms in total. The van der Waals surface area contributed by atoms with Crippen LogP contribution in [0.15, 0.2) is 36.7 Å². The number of nitrogens with zero attached hydrogens (tertiary/aromatic N) is 2. The Morgan fingerprint density at radius 3 is 3.25 bits per heavy atom. The smallest absolute Gasteiger partial charge is 0.122 e. The number of aryl methyl sites for hydroxylation is 2. The van der Waals surface area contributed by atoms with Crippen LogP contribution in [0.3, 0.4) is 0 Å². The molecule has 3 rings (SSSR count). The SMILES string of the molecule is c1cnn(CCc2ccc3c(c2)CCO3)c1. The zero-order chi connectivity index (χ0) is 10.8. The Bertz CT molecular complexity index is 477. The van der Waals surface area contributed by atoms with Crippen molar-refractivity contribution in [2.24, 2.45) is 0 Å². The maximum absolute atomic E-state index is 5.49. The molecule has 1 aliphatic heterocycles. The molecule has 1 aliphatic rings. The molecule has 82 valence electrons. The van der Waals surface area contributed by atoms with E-state index < -0.39 is 0 Å². The molecule has 0 atom stereocenters. The quantitative estimate of drug-likeness (QED) is 0.782. The van der Waals surface area contributed by atoms with Crippen LogP contribution < -0.4 is 4.74 Å². The van der Waals surface area contributed by atoms with Crippen LogP contribution in [-0.2, 0) is 19.4 Å². The van der Waals surface area contributed by atoms with Gasteiger partial charge in [-0.1, -0.05) is 12.1 Å². The van der Waals surface area contributed by atoms with Crippen molar-refractivity contribution < 1.29 is 4.74 Å². The van der Waals surface area contributed by atoms with Crippen LogP contribution >= 0.6 is 0 Å². The van der Waals surface area contributed by atoms with Gasteiger partial charge in [0.15, 0.2) is 0 Å². The minimum absolute atomic E-state index is 0.831. The van der Waals surface area contributed by atoms with Gasteiger partial charge in [-0.15, -0.1) is 0 Å². The Morgan fingerprint density at radius 2 is 2.38 bits per heavy atom. The number of hydrogen-bond acceptors (Lipinski definition) is 2. The first-order chi connectivity index (χ1) is 7.92. The summed E-state index contributed by atoms with van der Waals surface area (Å²) in [5.41, 5.74) is 2.71. The van der Waals surface area contributed by atoms with Crippen LogP contribution in [0.4, 0.5) is 0 Å². The molecule has 0 N–H and O–H groups in total. The van der Waals surface area contributed by atoms with Crippen molar-refractivity contribution in [2.45, 2.75) is 19.4 Å². The van der Waals surface area contributed by atoms with Crippen molar-refractivity contribution in [1.29, 1.82) is 0 Å². The molecule has 16 heavy (non-hydrogen) atoms. The minimum Gasteiger partial charge on any atom is -0.493 e. The second-order valence-electron chi connectivity index (χ2n) is 4.06. The Morgan fingerprint density at radius 1 is 1.38 bits per heavy atom. The molecule has 2 heterocycles. The Balaban J connectivity index is 1.71. The first kappa shape index (κ1) is 9.46. The molecule has 3 heteroatoms. The van der Waals surface area contributed by atoms with Gasteiger partial charge in [0, 0.05) is 25.4 Å². The maximum Gasteiger partial charge on any atom is 0.122 e. The number of rotatable bonds is 3. The lowest BCUT2D eigenvalue weighted by Gasteiger charge is -2.04. The first-order valence-corrected chi connectivity index (χ1v) is 5.64. The van der Waals surface area contributed by atoms with Crippen LogP contribution in [0.1, 0.15) is 11.1 Å². The van der Waals surface area contributed by atoms with Gasteiger partial charge in [0.05, 0.1) is 6.61 Å². The molecule has 0 unspecified atom stereocenters. The van der Waals surface area contributed by atoms with Crippen molar-refractivity contribution in [3.05, 3.63) is 47.8 Å². The van der Waals surface area contributed by atoms with Gasteiger partial charge in [0.2, 0.25) is 0 Å². The first-order valence-electron chi connectivity index (χ1n) is 5.64. The topological polar surface area (TPSA) is 27.1 Å². The fourth-order valence-corrected chi connectivity index (χ4v) is 2.07. The molecule has 1 aromatic heterocycles. The average Bonchev–Trinajstić information content (AvgIpc) is 2.97. The van der Waals surface area contributed by atoms with E-state index in [9.17, 15) is 0 Å². The molecule has 0 radical (unpaired) electrons. The predicted molar refractivity (Wildman–Crippen MR) is 61.6 cm³/mol. The predicted octanol–water partition coefficient (Wildman–Crippen LogP) is 2.06. The lowest BCUT2D eigenvalue weighted by molar-refractivity contribution is 0.357. The highest BCUT2D eigenvalue weighted by Gasteiger charge is 2.11. The van der Waals surface area contributed by atoms with Gasteiger partial charge in [-0.05, 0) is 29.7 Å². The van der Waals surface area contributed by atoms with Gasteiger partial charge in [0.1, 0.15) is 5.75 Å². The monoisotopic (exact) mass is 214 g/mol. The van der Waals surface area contributed by atoms with E-state index in [0.29, 0.717) is 0 Å². The molecule has 0 amide bonds. The number of fused-ring (bicyclic) bond motifs is 1. The zero-order valence-corrected chi connectivity index (χ0v) is 9.10. The maximum atomic E-state index is 5.49. The molecule has 0 spiro atoms. The van der Waals surface area contributed by atoms with Crippen molar-refractivity contribution in [2.75, 3.05) is 6.61 Å². The van der Waals surface area contributed by atoms with Crippen molar-refractivity contribution in [3.63, 3.8) is 0 Å². The van der Waals surface area contributed by atoms with Gasteiger partial charge >= 0.3 is 0 Å². The molecular weight excluding hydrogens is 200 g/mol. The summed E-state index contributed by atoms with van der Waals surface area (Å²) in [5.74, 6) is 1.06. The molecule has 1 aromatic carbocycles. The van der Waals surface area contributed by atoms with E-state index in [2.05, 4.69) is 23.3 Å². The summed E-state index contributed by atoms with van der Waals surface area (Å²) in [4.78, 5) is 0. The minimum atomic E-state index is 0.831. The molecule has 0 bridgehead atoms. The largest absolute Gasteiger partial charge is 0.493 e. The Kier molecular flexibility index (Phi) is 2.37. The number of aromatic nitrogens is 2. The molecule has 0 saturated heterocycles. The van der Waals surface area contributed by atoms with Crippen LogP contribution in [0.25, 0.3) is 0 Å². The van der Waals surface area contributed by atoms with E-state index in [0.717, 1.165) is 31.7 Å². The van der Waals surface area contributed by atoms with Gasteiger partial charge in [-0.25, -0.2) is 0 Å². The summed E-state index contributed by atoms with van der Waals surface area (Å²) in [7, 11) is 0. The van der Waals surface area contributed by atoms with Crippen LogP contribution in [0.2, 0.25) is 0 Å². The second kappa shape index (κ2) is 4.00. The molecule has 0 saturated carbocycles.